The second kappa shape index (κ2) is 45.5. The van der Waals surface area contributed by atoms with Crippen LogP contribution in [0.4, 0.5) is 22.0 Å². The van der Waals surface area contributed by atoms with Gasteiger partial charge >= 0.3 is 12.1 Å². The highest BCUT2D eigenvalue weighted by molar-refractivity contribution is 7.99. The van der Waals surface area contributed by atoms with Gasteiger partial charge in [0.25, 0.3) is 11.8 Å². The van der Waals surface area contributed by atoms with E-state index >= 15 is 4.39 Å². The zero-order valence-electron chi connectivity index (χ0n) is 55.4. The molecule has 96 heavy (non-hydrogen) atoms. The molecule has 1 aliphatic heterocycles. The molecule has 0 spiro atoms. The van der Waals surface area contributed by atoms with Crippen molar-refractivity contribution in [2.75, 3.05) is 150 Å². The Kier molecular flexibility index (Phi) is 39.4. The summed E-state index contributed by atoms with van der Waals surface area (Å²) in [4.78, 5) is 107. The number of ether oxygens (including phenoxy) is 8. The summed E-state index contributed by atoms with van der Waals surface area (Å²) in [5, 5.41) is 12.6. The van der Waals surface area contributed by atoms with Crippen molar-refractivity contribution in [1.29, 1.82) is 0 Å². The quantitative estimate of drug-likeness (QED) is 0.0299. The van der Waals surface area contributed by atoms with E-state index in [1.165, 1.54) is 35.7 Å². The number of halogens is 5. The van der Waals surface area contributed by atoms with E-state index in [-0.39, 0.29) is 92.8 Å². The number of carbonyl (C=O) groups excluding carboxylic acids is 7. The first-order chi connectivity index (χ1) is 45.7. The molecule has 7 amide bonds. The zero-order chi connectivity index (χ0) is 71.1. The molecule has 0 unspecified atom stereocenters. The number of thioether (sulfide) groups is 1. The number of imide groups is 1. The third-order valence-electron chi connectivity index (χ3n) is 14.0. The number of aromatic nitrogens is 2. The number of nitrogens with one attached hydrogen (secondary N) is 2. The maximum absolute atomic E-state index is 15.3. The number of hydrogen-bond acceptors (Lipinski definition) is 19. The molecule has 4 rings (SSSR count). The minimum absolute atomic E-state index is 0.00981. The first-order valence-electron chi connectivity index (χ1n) is 31.4. The molecule has 26 nitrogen and oxygen atoms in total. The van der Waals surface area contributed by atoms with Crippen LogP contribution in [0.25, 0.3) is 11.3 Å². The van der Waals surface area contributed by atoms with E-state index in [0.717, 1.165) is 28.7 Å². The normalized spacial score (nSPS) is 13.3. The van der Waals surface area contributed by atoms with Crippen LogP contribution in [0.1, 0.15) is 78.2 Å². The smallest absolute Gasteiger partial charge is 0.475 e. The summed E-state index contributed by atoms with van der Waals surface area (Å²) >= 11 is 1.27. The second-order valence-corrected chi connectivity index (χ2v) is 24.0. The van der Waals surface area contributed by atoms with Crippen molar-refractivity contribution in [1.82, 2.24) is 34.9 Å². The number of amides is 7. The zero-order valence-corrected chi connectivity index (χ0v) is 56.2. The van der Waals surface area contributed by atoms with E-state index < -0.39 is 76.9 Å². The Bertz CT molecular complexity index is 2870. The van der Waals surface area contributed by atoms with Crippen molar-refractivity contribution in [2.24, 2.45) is 22.8 Å². The molecule has 1 aliphatic rings. The Morgan fingerprint density at radius 3 is 1.69 bits per heavy atom. The fraction of sp³-hybridized carbons (Fsp3) is 0.609. The number of aliphatic carboxylic acids is 1. The minimum Gasteiger partial charge on any atom is -0.475 e. The van der Waals surface area contributed by atoms with Gasteiger partial charge < -0.3 is 79.5 Å². The van der Waals surface area contributed by atoms with Crippen molar-refractivity contribution >= 4 is 59.1 Å². The van der Waals surface area contributed by atoms with Gasteiger partial charge in [-0.15, -0.1) is 0 Å². The van der Waals surface area contributed by atoms with Gasteiger partial charge in [-0.05, 0) is 55.0 Å². The van der Waals surface area contributed by atoms with Crippen LogP contribution in [0.3, 0.4) is 0 Å². The molecule has 0 saturated heterocycles. The van der Waals surface area contributed by atoms with Crippen LogP contribution in [-0.4, -0.2) is 245 Å². The van der Waals surface area contributed by atoms with E-state index in [1.54, 1.807) is 24.9 Å². The highest BCUT2D eigenvalue weighted by atomic mass is 32.2. The van der Waals surface area contributed by atoms with Crippen molar-refractivity contribution < 1.29 is 103 Å². The summed E-state index contributed by atoms with van der Waals surface area (Å²) in [5.41, 5.74) is 12.3. The highest BCUT2D eigenvalue weighted by Gasteiger charge is 2.40. The van der Waals surface area contributed by atoms with Crippen LogP contribution in [0, 0.1) is 23.0 Å². The lowest BCUT2D eigenvalue weighted by atomic mass is 9.84. The largest absolute Gasteiger partial charge is 0.490 e. The van der Waals surface area contributed by atoms with E-state index in [0.29, 0.717) is 118 Å². The van der Waals surface area contributed by atoms with Gasteiger partial charge in [0.15, 0.2) is 0 Å². The van der Waals surface area contributed by atoms with Gasteiger partial charge in [0.1, 0.15) is 29.5 Å². The average molecular weight is 1390 g/mol. The molecule has 0 fully saturated rings. The predicted octanol–water partition coefficient (Wildman–Crippen LogP) is 4.31. The van der Waals surface area contributed by atoms with E-state index in [1.807, 2.05) is 55.7 Å². The molecule has 32 heteroatoms. The van der Waals surface area contributed by atoms with Crippen molar-refractivity contribution in [3.63, 3.8) is 0 Å². The maximum atomic E-state index is 15.3. The molecule has 1 aromatic heterocycles. The van der Waals surface area contributed by atoms with Crippen LogP contribution >= 0.6 is 11.8 Å². The van der Waals surface area contributed by atoms with Gasteiger partial charge in [-0.3, -0.25) is 38.5 Å². The van der Waals surface area contributed by atoms with Crippen LogP contribution in [-0.2, 0) is 82.8 Å². The number of imidazole rings is 1. The molecule has 7 N–H and O–H groups in total. The monoisotopic (exact) mass is 1390 g/mol. The molecule has 0 bridgehead atoms. The molecular weight excluding hydrogens is 1290 g/mol. The summed E-state index contributed by atoms with van der Waals surface area (Å²) in [6, 6.07) is 10.1. The summed E-state index contributed by atoms with van der Waals surface area (Å²) in [6.07, 6.45) is -0.581. The minimum atomic E-state index is -5.08. The van der Waals surface area contributed by atoms with Crippen LogP contribution in [0.2, 0.25) is 0 Å². The summed E-state index contributed by atoms with van der Waals surface area (Å²) < 4.78 is 107. The number of carboxylic acids is 1. The Hall–Kier alpha value is -7.01. The summed E-state index contributed by atoms with van der Waals surface area (Å²) in [5.74, 6) is -6.68. The third-order valence-corrected chi connectivity index (χ3v) is 14.9. The van der Waals surface area contributed by atoms with Gasteiger partial charge in [-0.2, -0.15) is 24.9 Å². The molecule has 3 aromatic rings. The second-order valence-electron chi connectivity index (χ2n) is 22.9. The van der Waals surface area contributed by atoms with Gasteiger partial charge in [-0.1, -0.05) is 65.0 Å². The third kappa shape index (κ3) is 32.4. The number of hydrogen-bond donors (Lipinski definition) is 5. The molecular formula is C64H94F5N9O17S. The number of benzene rings is 2. The van der Waals surface area contributed by atoms with Gasteiger partial charge in [0.05, 0.1) is 123 Å². The van der Waals surface area contributed by atoms with Crippen LogP contribution < -0.4 is 22.1 Å². The molecule has 0 aliphatic carbocycles. The number of primary amides is 1. The number of nitrogens with two attached hydrogens (primary N) is 2. The topological polar surface area (TPSA) is 334 Å². The summed E-state index contributed by atoms with van der Waals surface area (Å²) in [6.45, 7) is 17.7. The number of carbonyl (C=O) groups is 8. The van der Waals surface area contributed by atoms with Crippen molar-refractivity contribution in [3.05, 3.63) is 89.9 Å². The van der Waals surface area contributed by atoms with Crippen LogP contribution in [0.5, 0.6) is 0 Å². The van der Waals surface area contributed by atoms with E-state index in [2.05, 4.69) is 10.6 Å². The van der Waals surface area contributed by atoms with E-state index in [4.69, 9.17) is 64.2 Å². The molecule has 2 aromatic carbocycles. The maximum Gasteiger partial charge on any atom is 0.490 e. The summed E-state index contributed by atoms with van der Waals surface area (Å²) in [7, 11) is 0. The van der Waals surface area contributed by atoms with Gasteiger partial charge in [0.2, 0.25) is 29.5 Å². The molecule has 3 atom stereocenters. The Labute approximate surface area is 560 Å². The highest BCUT2D eigenvalue weighted by Crippen LogP contribution is 2.40. The van der Waals surface area contributed by atoms with E-state index in [9.17, 15) is 51.1 Å². The first kappa shape index (κ1) is 83.2. The van der Waals surface area contributed by atoms with Gasteiger partial charge in [-0.25, -0.2) is 18.6 Å². The standard InChI is InChI=1S/C62H93F2N9O15S.C2HF3O2/c1-45(2)57(69-53(75)18-24-81-26-28-83-30-32-85-34-36-87-38-39-88-37-35-86-33-31-84-29-27-82-25-20-67-52(74)17-22-72-54(76)15-16-55(72)77)61(80)71(46(3)59(66)79)23-40-89-44-56(78)73(21-10-19-65)58(62(4,5)6)60-68-51(49-41-48(63)13-14-50(49)64)43-70(60)42-47-11-8-7-9-12-47;3-2(4,5)1(6)7/h7-9,11-16,41,43,45-46,57-58H,10,17-40,42,44,65H2,1-6H3,(H2,66,79)(H,67,74)(H,69,75);(H,6,7)/t46-,57-,58-;/m0./s1. The van der Waals surface area contributed by atoms with Crippen LogP contribution in [0.15, 0.2) is 66.9 Å². The Morgan fingerprint density at radius 2 is 1.21 bits per heavy atom. The Morgan fingerprint density at radius 1 is 0.698 bits per heavy atom. The number of alkyl halides is 3. The van der Waals surface area contributed by atoms with Gasteiger partial charge in [0, 0.05) is 75.2 Å². The fourth-order valence-electron chi connectivity index (χ4n) is 9.05. The Balaban J connectivity index is 0.00000324. The lowest BCUT2D eigenvalue weighted by Crippen LogP contribution is -2.56. The number of nitrogens with zero attached hydrogens (tertiary/aromatic N) is 5. The number of rotatable bonds is 48. The number of carboxylic acid groups (broad SMARTS) is 1. The molecule has 0 radical (unpaired) electrons. The van der Waals surface area contributed by atoms with Crippen molar-refractivity contribution in [3.8, 4) is 11.3 Å². The lowest BCUT2D eigenvalue weighted by Gasteiger charge is -2.40. The fourth-order valence-corrected chi connectivity index (χ4v) is 9.86. The molecule has 0 saturated carbocycles. The SMILES string of the molecule is CC(C)[C@H](NC(=O)CCOCCOCCOCCOCCOCCOCCOCCOCCNC(=O)CCN1C(=O)C=CC1=O)C(=O)N(CCSCC(=O)N(CCCN)[C@@H](c1nc(-c2cc(F)ccc2F)cn1Cc1ccccc1)C(C)(C)C)[C@@H](C)C(N)=O.O=C(O)C(F)(F)F. The lowest BCUT2D eigenvalue weighted by molar-refractivity contribution is -0.192. The first-order valence-corrected chi connectivity index (χ1v) is 32.6. The molecule has 2 heterocycles. The van der Waals surface area contributed by atoms with Crippen molar-refractivity contribution in [2.45, 2.75) is 91.7 Å². The predicted molar refractivity (Wildman–Crippen MR) is 344 cm³/mol. The average Bonchev–Trinajstić information content (AvgIpc) is 1.58. The molecule has 538 valence electrons.